The highest BCUT2D eigenvalue weighted by Crippen LogP contribution is 2.36. The van der Waals surface area contributed by atoms with Crippen LogP contribution in [0.2, 0.25) is 5.02 Å². The average molecular weight is 401 g/mol. The number of likely N-dealkylation sites (N-methyl/N-ethyl adjacent to an activating group) is 1. The lowest BCUT2D eigenvalue weighted by Gasteiger charge is -2.32. The summed E-state index contributed by atoms with van der Waals surface area (Å²) in [4.78, 5) is 22.1. The van der Waals surface area contributed by atoms with Gasteiger partial charge in [-0.05, 0) is 43.0 Å². The zero-order valence-electron chi connectivity index (χ0n) is 15.7. The lowest BCUT2D eigenvalue weighted by molar-refractivity contribution is -0.137. The monoisotopic (exact) mass is 400 g/mol. The van der Waals surface area contributed by atoms with Crippen LogP contribution in [-0.2, 0) is 24.2 Å². The molecule has 0 fully saturated rings. The number of benzene rings is 1. The Morgan fingerprint density at radius 1 is 1.39 bits per heavy atom. The first-order valence-corrected chi connectivity index (χ1v) is 9.46. The van der Waals surface area contributed by atoms with E-state index in [2.05, 4.69) is 14.9 Å². The van der Waals surface area contributed by atoms with E-state index in [4.69, 9.17) is 16.3 Å². The molecule has 1 atom stereocenters. The minimum absolute atomic E-state index is 0.0427. The predicted molar refractivity (Wildman–Crippen MR) is 107 cm³/mol. The normalized spacial score (nSPS) is 16.0. The van der Waals surface area contributed by atoms with Gasteiger partial charge in [-0.25, -0.2) is 9.97 Å². The van der Waals surface area contributed by atoms with Crippen molar-refractivity contribution in [1.82, 2.24) is 14.5 Å². The maximum atomic E-state index is 11.4. The first-order chi connectivity index (χ1) is 13.5. The van der Waals surface area contributed by atoms with Crippen LogP contribution in [0, 0.1) is 0 Å². The molecule has 4 rings (SSSR count). The van der Waals surface area contributed by atoms with Gasteiger partial charge in [-0.1, -0.05) is 11.6 Å². The Morgan fingerprint density at radius 3 is 2.82 bits per heavy atom. The summed E-state index contributed by atoms with van der Waals surface area (Å²) < 4.78 is 7.31. The summed E-state index contributed by atoms with van der Waals surface area (Å²) >= 11 is 5.90. The molecule has 3 aromatic rings. The summed E-state index contributed by atoms with van der Waals surface area (Å²) in [6.45, 7) is -0.0427. The van der Waals surface area contributed by atoms with Crippen molar-refractivity contribution >= 4 is 34.4 Å². The zero-order chi connectivity index (χ0) is 19.8. The van der Waals surface area contributed by atoms with Crippen LogP contribution < -0.4 is 9.64 Å². The molecule has 146 valence electrons. The first kappa shape index (κ1) is 18.6. The number of ether oxygens (including phenoxy) is 1. The van der Waals surface area contributed by atoms with Gasteiger partial charge < -0.3 is 19.3 Å². The van der Waals surface area contributed by atoms with Gasteiger partial charge in [0, 0.05) is 29.7 Å². The maximum absolute atomic E-state index is 11.4. The third-order valence-electron chi connectivity index (χ3n) is 5.41. The van der Waals surface area contributed by atoms with Crippen molar-refractivity contribution in [1.29, 1.82) is 0 Å². The minimum atomic E-state index is -0.843. The minimum Gasteiger partial charge on any atom is -0.497 e. The second-order valence-electron chi connectivity index (χ2n) is 7.00. The van der Waals surface area contributed by atoms with Gasteiger partial charge >= 0.3 is 5.97 Å². The molecule has 2 heterocycles. The number of fused-ring (bicyclic) bond motifs is 3. The number of carbonyl (C=O) groups is 1. The van der Waals surface area contributed by atoms with Gasteiger partial charge in [0.2, 0.25) is 5.95 Å². The number of rotatable bonds is 5. The molecular weight excluding hydrogens is 380 g/mol. The lowest BCUT2D eigenvalue weighted by Crippen LogP contribution is -2.37. The van der Waals surface area contributed by atoms with Crippen LogP contribution >= 0.6 is 11.6 Å². The Bertz CT molecular complexity index is 1030. The summed E-state index contributed by atoms with van der Waals surface area (Å²) in [7, 11) is 3.62. The molecule has 1 aliphatic carbocycles. The second kappa shape index (κ2) is 7.31. The van der Waals surface area contributed by atoms with Crippen molar-refractivity contribution < 1.29 is 14.6 Å². The van der Waals surface area contributed by atoms with Crippen molar-refractivity contribution in [2.24, 2.45) is 0 Å². The standard InChI is InChI=1S/C20H21ClN4O3/c1-24(20-22-9-12(21)10-23-20)13-3-5-17-15(7-13)16-8-14(28-2)4-6-18(16)25(17)11-19(26)27/h4,6,8-10,13H,3,5,7,11H2,1-2H3,(H,26,27). The number of nitrogens with zero attached hydrogens (tertiary/aromatic N) is 4. The Labute approximate surface area is 167 Å². The molecule has 0 radical (unpaired) electrons. The highest BCUT2D eigenvalue weighted by Gasteiger charge is 2.29. The molecular formula is C20H21ClN4O3. The molecule has 28 heavy (non-hydrogen) atoms. The molecule has 8 heteroatoms. The SMILES string of the molecule is COc1ccc2c(c1)c1c(n2CC(=O)O)CCC(N(C)c2ncc(Cl)cn2)C1. The molecule has 0 saturated carbocycles. The fourth-order valence-corrected chi connectivity index (χ4v) is 4.13. The molecule has 0 spiro atoms. The zero-order valence-corrected chi connectivity index (χ0v) is 16.5. The van der Waals surface area contributed by atoms with Crippen molar-refractivity contribution in [3.05, 3.63) is 46.9 Å². The molecule has 7 nitrogen and oxygen atoms in total. The third kappa shape index (κ3) is 3.26. The number of hydrogen-bond acceptors (Lipinski definition) is 5. The number of aliphatic carboxylic acids is 1. The van der Waals surface area contributed by atoms with E-state index in [9.17, 15) is 9.90 Å². The van der Waals surface area contributed by atoms with E-state index in [0.717, 1.165) is 41.6 Å². The van der Waals surface area contributed by atoms with Crippen LogP contribution in [0.3, 0.4) is 0 Å². The second-order valence-corrected chi connectivity index (χ2v) is 7.43. The molecule has 1 N–H and O–H groups in total. The Morgan fingerprint density at radius 2 is 2.14 bits per heavy atom. The van der Waals surface area contributed by atoms with Crippen molar-refractivity contribution in [2.75, 3.05) is 19.1 Å². The Balaban J connectivity index is 1.74. The van der Waals surface area contributed by atoms with Crippen LogP contribution in [0.15, 0.2) is 30.6 Å². The van der Waals surface area contributed by atoms with Crippen LogP contribution in [0.4, 0.5) is 5.95 Å². The van der Waals surface area contributed by atoms with Crippen LogP contribution in [0.5, 0.6) is 5.75 Å². The maximum Gasteiger partial charge on any atom is 0.323 e. The molecule has 1 unspecified atom stereocenters. The first-order valence-electron chi connectivity index (χ1n) is 9.08. The lowest BCUT2D eigenvalue weighted by atomic mass is 9.90. The van der Waals surface area contributed by atoms with Gasteiger partial charge in [-0.15, -0.1) is 0 Å². The van der Waals surface area contributed by atoms with Crippen LogP contribution in [0.25, 0.3) is 10.9 Å². The largest absolute Gasteiger partial charge is 0.497 e. The van der Waals surface area contributed by atoms with Crippen molar-refractivity contribution in [2.45, 2.75) is 31.8 Å². The topological polar surface area (TPSA) is 80.5 Å². The van der Waals surface area contributed by atoms with Gasteiger partial charge in [-0.3, -0.25) is 4.79 Å². The van der Waals surface area contributed by atoms with Crippen molar-refractivity contribution in [3.63, 3.8) is 0 Å². The predicted octanol–water partition coefficient (Wildman–Crippen LogP) is 3.17. The fourth-order valence-electron chi connectivity index (χ4n) is 4.03. The quantitative estimate of drug-likeness (QED) is 0.708. The summed E-state index contributed by atoms with van der Waals surface area (Å²) in [5, 5.41) is 10.9. The van der Waals surface area contributed by atoms with Crippen LogP contribution in [-0.4, -0.2) is 45.8 Å². The highest BCUT2D eigenvalue weighted by molar-refractivity contribution is 6.30. The van der Waals surface area contributed by atoms with Gasteiger partial charge in [0.15, 0.2) is 0 Å². The van der Waals surface area contributed by atoms with Gasteiger partial charge in [0.1, 0.15) is 12.3 Å². The highest BCUT2D eigenvalue weighted by atomic mass is 35.5. The molecule has 0 amide bonds. The van der Waals surface area contributed by atoms with E-state index in [1.54, 1.807) is 19.5 Å². The summed E-state index contributed by atoms with van der Waals surface area (Å²) in [5.74, 6) is 0.549. The molecule has 0 bridgehead atoms. The van der Waals surface area contributed by atoms with E-state index >= 15 is 0 Å². The summed E-state index contributed by atoms with van der Waals surface area (Å²) in [6.07, 6.45) is 5.66. The summed E-state index contributed by atoms with van der Waals surface area (Å²) in [6, 6.07) is 6.02. The van der Waals surface area contributed by atoms with Gasteiger partial charge in [0.05, 0.1) is 24.5 Å². The number of halogens is 1. The molecule has 0 saturated heterocycles. The van der Waals surface area contributed by atoms with Crippen LogP contribution in [0.1, 0.15) is 17.7 Å². The van der Waals surface area contributed by atoms with Crippen molar-refractivity contribution in [3.8, 4) is 5.75 Å². The number of methoxy groups -OCH3 is 1. The fraction of sp³-hybridized carbons (Fsp3) is 0.350. The summed E-state index contributed by atoms with van der Waals surface area (Å²) in [5.41, 5.74) is 3.19. The molecule has 1 aliphatic rings. The van der Waals surface area contributed by atoms with E-state index in [1.807, 2.05) is 29.8 Å². The average Bonchev–Trinajstić information content (AvgIpc) is 3.00. The Kier molecular flexibility index (Phi) is 4.85. The molecule has 2 aromatic heterocycles. The van der Waals surface area contributed by atoms with E-state index in [0.29, 0.717) is 11.0 Å². The number of aromatic nitrogens is 3. The number of hydrogen-bond donors (Lipinski definition) is 1. The molecule has 0 aliphatic heterocycles. The number of carboxylic acids is 1. The number of carboxylic acid groups (broad SMARTS) is 1. The van der Waals surface area contributed by atoms with E-state index in [1.165, 1.54) is 5.56 Å². The van der Waals surface area contributed by atoms with E-state index in [-0.39, 0.29) is 12.6 Å². The van der Waals surface area contributed by atoms with Gasteiger partial charge in [0.25, 0.3) is 0 Å². The molecule has 1 aromatic carbocycles. The Hall–Kier alpha value is -2.80. The number of anilines is 1. The van der Waals surface area contributed by atoms with Gasteiger partial charge in [-0.2, -0.15) is 0 Å². The third-order valence-corrected chi connectivity index (χ3v) is 5.61. The van der Waals surface area contributed by atoms with E-state index < -0.39 is 5.97 Å². The smallest absolute Gasteiger partial charge is 0.323 e.